The summed E-state index contributed by atoms with van der Waals surface area (Å²) in [7, 11) is 1.49. The molecule has 2 heterocycles. The number of hydrogen-bond acceptors (Lipinski definition) is 5. The third-order valence-corrected chi connectivity index (χ3v) is 4.20. The topological polar surface area (TPSA) is 85.4 Å². The van der Waals surface area contributed by atoms with Gasteiger partial charge >= 0.3 is 5.69 Å². The molecular weight excluding hydrogens is 344 g/mol. The highest BCUT2D eigenvalue weighted by Gasteiger charge is 2.24. The van der Waals surface area contributed by atoms with Crippen LogP contribution in [-0.4, -0.2) is 30.3 Å². The summed E-state index contributed by atoms with van der Waals surface area (Å²) in [6.07, 6.45) is 1.30. The highest BCUT2D eigenvalue weighted by molar-refractivity contribution is 6.08. The predicted molar refractivity (Wildman–Crippen MR) is 99.4 cm³/mol. The van der Waals surface area contributed by atoms with Gasteiger partial charge in [-0.3, -0.25) is 4.79 Å². The quantitative estimate of drug-likeness (QED) is 0.553. The second-order valence-electron chi connectivity index (χ2n) is 5.99. The van der Waals surface area contributed by atoms with Crippen LogP contribution in [0.3, 0.4) is 0 Å². The zero-order valence-electron chi connectivity index (χ0n) is 14.6. The molecule has 134 valence electrons. The minimum atomic E-state index is -0.416. The molecule has 4 aromatic rings. The van der Waals surface area contributed by atoms with Crippen molar-refractivity contribution in [3.63, 3.8) is 0 Å². The number of anilines is 1. The van der Waals surface area contributed by atoms with Gasteiger partial charge in [-0.2, -0.15) is 4.68 Å². The molecule has 2 aromatic heterocycles. The zero-order valence-corrected chi connectivity index (χ0v) is 14.6. The fraction of sp³-hybridized carbons (Fsp3) is 0.105. The number of carbonyl (C=O) groups excluding carboxylic acids is 1. The minimum absolute atomic E-state index is 0.0833. The molecule has 0 bridgehead atoms. The van der Waals surface area contributed by atoms with Gasteiger partial charge in [-0.1, -0.05) is 53.7 Å². The number of fused-ring (bicyclic) bond motifs is 1. The van der Waals surface area contributed by atoms with Crippen LogP contribution in [0.25, 0.3) is 5.65 Å². The lowest BCUT2D eigenvalue weighted by Crippen LogP contribution is -2.32. The summed E-state index contributed by atoms with van der Waals surface area (Å²) in [6.45, 7) is 0.362. The van der Waals surface area contributed by atoms with Crippen LogP contribution in [0.2, 0.25) is 0 Å². The number of hydrogen-bond donors (Lipinski definition) is 0. The first kappa shape index (κ1) is 16.6. The first-order valence-electron chi connectivity index (χ1n) is 8.33. The molecule has 0 saturated carbocycles. The van der Waals surface area contributed by atoms with Gasteiger partial charge in [0.05, 0.1) is 6.54 Å². The van der Waals surface area contributed by atoms with Crippen molar-refractivity contribution in [1.82, 2.24) is 24.4 Å². The van der Waals surface area contributed by atoms with E-state index >= 15 is 0 Å². The largest absolute Gasteiger partial charge is 0.352 e. The molecule has 0 radical (unpaired) electrons. The van der Waals surface area contributed by atoms with Gasteiger partial charge in [-0.15, -0.1) is 5.10 Å². The number of para-hydroxylation sites is 1. The van der Waals surface area contributed by atoms with Crippen LogP contribution >= 0.6 is 0 Å². The number of benzene rings is 2. The average molecular weight is 360 g/mol. The van der Waals surface area contributed by atoms with Crippen LogP contribution in [0.1, 0.15) is 16.1 Å². The minimum Gasteiger partial charge on any atom is -0.302 e. The summed E-state index contributed by atoms with van der Waals surface area (Å²) >= 11 is 0. The van der Waals surface area contributed by atoms with Gasteiger partial charge in [0.15, 0.2) is 11.3 Å². The molecule has 1 amide bonds. The average Bonchev–Trinajstić information content (AvgIpc) is 3.15. The van der Waals surface area contributed by atoms with E-state index in [4.69, 9.17) is 0 Å². The predicted octanol–water partition coefficient (Wildman–Crippen LogP) is 1.67. The summed E-state index contributed by atoms with van der Waals surface area (Å²) in [6, 6.07) is 19.0. The van der Waals surface area contributed by atoms with E-state index in [0.717, 1.165) is 15.9 Å². The van der Waals surface area contributed by atoms with Crippen molar-refractivity contribution >= 4 is 17.2 Å². The van der Waals surface area contributed by atoms with Crippen LogP contribution in [-0.2, 0) is 13.6 Å². The number of amides is 1. The van der Waals surface area contributed by atoms with Gasteiger partial charge in [0.1, 0.15) is 6.33 Å². The molecule has 0 fully saturated rings. The fourth-order valence-electron chi connectivity index (χ4n) is 2.81. The summed E-state index contributed by atoms with van der Waals surface area (Å²) in [5, 5.41) is 7.73. The van der Waals surface area contributed by atoms with E-state index in [1.54, 1.807) is 4.90 Å². The Morgan fingerprint density at radius 2 is 1.70 bits per heavy atom. The maximum atomic E-state index is 13.3. The van der Waals surface area contributed by atoms with E-state index in [9.17, 15) is 9.59 Å². The number of imidazole rings is 1. The molecule has 2 aromatic carbocycles. The van der Waals surface area contributed by atoms with Gasteiger partial charge in [-0.05, 0) is 17.7 Å². The van der Waals surface area contributed by atoms with Crippen LogP contribution < -0.4 is 10.6 Å². The zero-order chi connectivity index (χ0) is 18.8. The molecular formula is C19H16N6O2. The van der Waals surface area contributed by atoms with Crippen LogP contribution in [0.4, 0.5) is 5.69 Å². The van der Waals surface area contributed by atoms with E-state index in [-0.39, 0.29) is 17.2 Å². The van der Waals surface area contributed by atoms with E-state index in [1.807, 2.05) is 60.7 Å². The van der Waals surface area contributed by atoms with E-state index in [0.29, 0.717) is 6.54 Å². The molecule has 0 aliphatic carbocycles. The Labute approximate surface area is 154 Å². The molecule has 0 aliphatic rings. The molecule has 8 nitrogen and oxygen atoms in total. The second-order valence-corrected chi connectivity index (χ2v) is 5.99. The molecule has 0 spiro atoms. The second kappa shape index (κ2) is 6.83. The fourth-order valence-corrected chi connectivity index (χ4v) is 2.81. The van der Waals surface area contributed by atoms with E-state index in [1.165, 1.54) is 17.8 Å². The Bertz CT molecular complexity index is 1150. The maximum absolute atomic E-state index is 13.3. The number of nitrogens with zero attached hydrogens (tertiary/aromatic N) is 6. The van der Waals surface area contributed by atoms with Crippen molar-refractivity contribution in [2.24, 2.45) is 7.05 Å². The highest BCUT2D eigenvalue weighted by atomic mass is 16.2. The number of rotatable bonds is 4. The van der Waals surface area contributed by atoms with Gasteiger partial charge in [0, 0.05) is 12.7 Å². The van der Waals surface area contributed by atoms with Crippen molar-refractivity contribution in [3.8, 4) is 0 Å². The highest BCUT2D eigenvalue weighted by Crippen LogP contribution is 2.20. The Kier molecular flexibility index (Phi) is 4.21. The standard InChI is InChI=1S/C19H16N6O2/c1-23-19(27)25-13-20-16(17(25)21-22-23)18(26)24(15-10-6-3-7-11-15)12-14-8-4-2-5-9-14/h2-11,13H,12H2,1H3. The summed E-state index contributed by atoms with van der Waals surface area (Å²) in [5.41, 5.74) is 1.50. The smallest absolute Gasteiger partial charge is 0.302 e. The molecule has 0 aliphatic heterocycles. The summed E-state index contributed by atoms with van der Waals surface area (Å²) in [4.78, 5) is 31.2. The van der Waals surface area contributed by atoms with Crippen LogP contribution in [0.15, 0.2) is 71.8 Å². The molecule has 8 heteroatoms. The van der Waals surface area contributed by atoms with Crippen LogP contribution in [0.5, 0.6) is 0 Å². The molecule has 0 atom stereocenters. The third-order valence-electron chi connectivity index (χ3n) is 4.20. The van der Waals surface area contributed by atoms with Crippen molar-refractivity contribution in [1.29, 1.82) is 0 Å². The summed E-state index contributed by atoms with van der Waals surface area (Å²) < 4.78 is 2.30. The number of aromatic nitrogens is 5. The monoisotopic (exact) mass is 360 g/mol. The van der Waals surface area contributed by atoms with E-state index < -0.39 is 5.69 Å². The van der Waals surface area contributed by atoms with Gasteiger partial charge < -0.3 is 4.90 Å². The first-order valence-corrected chi connectivity index (χ1v) is 8.33. The summed E-state index contributed by atoms with van der Waals surface area (Å²) in [5.74, 6) is -0.352. The molecule has 0 N–H and O–H groups in total. The number of aryl methyl sites for hydroxylation is 1. The van der Waals surface area contributed by atoms with Crippen molar-refractivity contribution in [2.45, 2.75) is 6.54 Å². The Balaban J connectivity index is 1.79. The lowest BCUT2D eigenvalue weighted by Gasteiger charge is -2.22. The molecule has 0 unspecified atom stereocenters. The molecule has 4 rings (SSSR count). The molecule has 27 heavy (non-hydrogen) atoms. The first-order chi connectivity index (χ1) is 13.1. The van der Waals surface area contributed by atoms with Gasteiger partial charge in [0.25, 0.3) is 5.91 Å². The van der Waals surface area contributed by atoms with Crippen molar-refractivity contribution in [2.75, 3.05) is 4.90 Å². The van der Waals surface area contributed by atoms with E-state index in [2.05, 4.69) is 15.3 Å². The normalized spacial score (nSPS) is 10.9. The third kappa shape index (κ3) is 3.08. The van der Waals surface area contributed by atoms with Crippen molar-refractivity contribution in [3.05, 3.63) is 88.7 Å². The maximum Gasteiger partial charge on any atom is 0.352 e. The van der Waals surface area contributed by atoms with Crippen LogP contribution in [0, 0.1) is 0 Å². The Morgan fingerprint density at radius 3 is 2.41 bits per heavy atom. The molecule has 0 saturated heterocycles. The van der Waals surface area contributed by atoms with Gasteiger partial charge in [-0.25, -0.2) is 14.2 Å². The Morgan fingerprint density at radius 1 is 1.04 bits per heavy atom. The number of carbonyl (C=O) groups is 1. The van der Waals surface area contributed by atoms with Crippen molar-refractivity contribution < 1.29 is 4.79 Å². The van der Waals surface area contributed by atoms with Gasteiger partial charge in [0.2, 0.25) is 0 Å². The lowest BCUT2D eigenvalue weighted by molar-refractivity contribution is 0.0982. The SMILES string of the molecule is Cn1nnc2c(C(=O)N(Cc3ccccc3)c3ccccc3)ncn2c1=O. The lowest BCUT2D eigenvalue weighted by atomic mass is 10.2. The Hall–Kier alpha value is -3.81.